The third kappa shape index (κ3) is 6.94. The molecule has 0 saturated carbocycles. The fraction of sp³-hybridized carbons (Fsp3) is 0.786. The Kier molecular flexibility index (Phi) is 8.03. The fourth-order valence-electron chi connectivity index (χ4n) is 1.78. The predicted molar refractivity (Wildman–Crippen MR) is 74.5 cm³/mol. The maximum absolute atomic E-state index is 12.1. The van der Waals surface area contributed by atoms with Crippen molar-refractivity contribution >= 4 is 18.1 Å². The van der Waals surface area contributed by atoms with E-state index in [4.69, 9.17) is 0 Å². The molecule has 0 saturated heterocycles. The zero-order chi connectivity index (χ0) is 15.0. The maximum atomic E-state index is 12.1. The fourth-order valence-corrected chi connectivity index (χ4v) is 1.78. The van der Waals surface area contributed by atoms with Crippen molar-refractivity contribution in [2.24, 2.45) is 11.8 Å². The van der Waals surface area contributed by atoms with Gasteiger partial charge in [0.2, 0.25) is 11.8 Å². The molecule has 5 heteroatoms. The number of aldehydes is 1. The number of hydrogen-bond donors (Lipinski definition) is 2. The summed E-state index contributed by atoms with van der Waals surface area (Å²) < 4.78 is 0. The van der Waals surface area contributed by atoms with Gasteiger partial charge in [-0.25, -0.2) is 0 Å². The summed E-state index contributed by atoms with van der Waals surface area (Å²) in [5, 5.41) is 5.34. The molecule has 0 radical (unpaired) electrons. The molecule has 0 aliphatic rings. The highest BCUT2D eigenvalue weighted by Gasteiger charge is 2.24. The predicted octanol–water partition coefficient (Wildman–Crippen LogP) is 1.27. The van der Waals surface area contributed by atoms with Gasteiger partial charge in [0.1, 0.15) is 12.3 Å². The van der Waals surface area contributed by atoms with Crippen LogP contribution in [0.2, 0.25) is 0 Å². The third-order valence-electron chi connectivity index (χ3n) is 3.11. The van der Waals surface area contributed by atoms with Crippen molar-refractivity contribution in [3.63, 3.8) is 0 Å². The molecule has 0 bridgehead atoms. The molecule has 0 aromatic carbocycles. The summed E-state index contributed by atoms with van der Waals surface area (Å²) in [7, 11) is 0. The standard InChI is InChI=1S/C14H26N2O3/c1-6-10(4)13(8-17)16-14(19)12(7-9(2)3)15-11(5)18/h8-10,12-13H,6-7H2,1-5H3,(H,15,18)(H,16,19)/t10-,12-,13?/m0/s1. The molecule has 0 aromatic heterocycles. The summed E-state index contributed by atoms with van der Waals surface area (Å²) in [6, 6.07) is -1.08. The van der Waals surface area contributed by atoms with Crippen LogP contribution < -0.4 is 10.6 Å². The summed E-state index contributed by atoms with van der Waals surface area (Å²) >= 11 is 0. The minimum absolute atomic E-state index is 0.0819. The van der Waals surface area contributed by atoms with Gasteiger partial charge in [-0.15, -0.1) is 0 Å². The van der Waals surface area contributed by atoms with Gasteiger partial charge in [-0.05, 0) is 18.3 Å². The summed E-state index contributed by atoms with van der Waals surface area (Å²) in [6.45, 7) is 9.22. The van der Waals surface area contributed by atoms with E-state index in [1.54, 1.807) is 0 Å². The lowest BCUT2D eigenvalue weighted by Gasteiger charge is -2.24. The molecular formula is C14H26N2O3. The number of amides is 2. The lowest BCUT2D eigenvalue weighted by atomic mass is 9.98. The molecule has 5 nitrogen and oxygen atoms in total. The van der Waals surface area contributed by atoms with Crippen molar-refractivity contribution in [2.45, 2.75) is 59.5 Å². The number of hydrogen-bond acceptors (Lipinski definition) is 3. The van der Waals surface area contributed by atoms with Gasteiger partial charge in [0.15, 0.2) is 0 Å². The van der Waals surface area contributed by atoms with Crippen LogP contribution >= 0.6 is 0 Å². The Labute approximate surface area is 115 Å². The lowest BCUT2D eigenvalue weighted by molar-refractivity contribution is -0.130. The third-order valence-corrected chi connectivity index (χ3v) is 3.11. The monoisotopic (exact) mass is 270 g/mol. The SMILES string of the molecule is CC[C@H](C)C(C=O)NC(=O)[C@H](CC(C)C)NC(C)=O. The molecule has 0 aromatic rings. The molecule has 1 unspecified atom stereocenters. The van der Waals surface area contributed by atoms with Crippen molar-refractivity contribution in [3.8, 4) is 0 Å². The molecule has 0 aliphatic carbocycles. The molecule has 0 rings (SSSR count). The Hall–Kier alpha value is -1.39. The van der Waals surface area contributed by atoms with E-state index in [0.29, 0.717) is 6.42 Å². The second-order valence-corrected chi connectivity index (χ2v) is 5.44. The van der Waals surface area contributed by atoms with Crippen LogP contribution in [0.4, 0.5) is 0 Å². The summed E-state index contributed by atoms with van der Waals surface area (Å²) in [5.74, 6) is -0.173. The van der Waals surface area contributed by atoms with Crippen LogP contribution in [-0.4, -0.2) is 30.2 Å². The molecular weight excluding hydrogens is 244 g/mol. The highest BCUT2D eigenvalue weighted by molar-refractivity contribution is 5.88. The summed E-state index contributed by atoms with van der Waals surface area (Å²) in [5.41, 5.74) is 0. The average Bonchev–Trinajstić information content (AvgIpc) is 2.32. The molecule has 2 N–H and O–H groups in total. The number of rotatable bonds is 8. The minimum atomic E-state index is -0.580. The van der Waals surface area contributed by atoms with Gasteiger partial charge in [-0.3, -0.25) is 9.59 Å². The van der Waals surface area contributed by atoms with Crippen LogP contribution in [0.5, 0.6) is 0 Å². The zero-order valence-corrected chi connectivity index (χ0v) is 12.5. The minimum Gasteiger partial charge on any atom is -0.345 e. The quantitative estimate of drug-likeness (QED) is 0.652. The Bertz CT molecular complexity index is 316. The molecule has 19 heavy (non-hydrogen) atoms. The van der Waals surface area contributed by atoms with Gasteiger partial charge < -0.3 is 15.4 Å². The topological polar surface area (TPSA) is 75.3 Å². The normalized spacial score (nSPS) is 15.5. The van der Waals surface area contributed by atoms with Gasteiger partial charge in [0, 0.05) is 6.92 Å². The first-order chi connectivity index (χ1) is 8.81. The van der Waals surface area contributed by atoms with E-state index in [1.807, 2.05) is 27.7 Å². The molecule has 3 atom stereocenters. The largest absolute Gasteiger partial charge is 0.345 e. The first-order valence-corrected chi connectivity index (χ1v) is 6.84. The Morgan fingerprint density at radius 3 is 2.11 bits per heavy atom. The Balaban J connectivity index is 4.69. The number of carbonyl (C=O) groups excluding carboxylic acids is 3. The van der Waals surface area contributed by atoms with Crippen molar-refractivity contribution in [1.82, 2.24) is 10.6 Å². The van der Waals surface area contributed by atoms with Crippen LogP contribution in [0.3, 0.4) is 0 Å². The molecule has 0 heterocycles. The van der Waals surface area contributed by atoms with E-state index < -0.39 is 12.1 Å². The van der Waals surface area contributed by atoms with Crippen molar-refractivity contribution in [2.75, 3.05) is 0 Å². The van der Waals surface area contributed by atoms with E-state index >= 15 is 0 Å². The van der Waals surface area contributed by atoms with Crippen LogP contribution in [0.1, 0.15) is 47.5 Å². The van der Waals surface area contributed by atoms with E-state index in [2.05, 4.69) is 10.6 Å². The van der Waals surface area contributed by atoms with E-state index in [9.17, 15) is 14.4 Å². The highest BCUT2D eigenvalue weighted by Crippen LogP contribution is 2.08. The summed E-state index contributed by atoms with van der Waals surface area (Å²) in [4.78, 5) is 34.2. The van der Waals surface area contributed by atoms with Crippen LogP contribution in [0.25, 0.3) is 0 Å². The van der Waals surface area contributed by atoms with E-state index in [-0.39, 0.29) is 23.7 Å². The molecule has 0 spiro atoms. The Morgan fingerprint density at radius 1 is 1.16 bits per heavy atom. The van der Waals surface area contributed by atoms with Gasteiger partial charge in [-0.2, -0.15) is 0 Å². The van der Waals surface area contributed by atoms with Crippen molar-refractivity contribution in [1.29, 1.82) is 0 Å². The van der Waals surface area contributed by atoms with Crippen molar-refractivity contribution in [3.05, 3.63) is 0 Å². The van der Waals surface area contributed by atoms with Crippen LogP contribution in [0, 0.1) is 11.8 Å². The molecule has 0 fully saturated rings. The first-order valence-electron chi connectivity index (χ1n) is 6.84. The van der Waals surface area contributed by atoms with E-state index in [0.717, 1.165) is 12.7 Å². The zero-order valence-electron chi connectivity index (χ0n) is 12.5. The van der Waals surface area contributed by atoms with Crippen molar-refractivity contribution < 1.29 is 14.4 Å². The van der Waals surface area contributed by atoms with Gasteiger partial charge in [0.25, 0.3) is 0 Å². The second kappa shape index (κ2) is 8.67. The second-order valence-electron chi connectivity index (χ2n) is 5.44. The molecule has 2 amide bonds. The van der Waals surface area contributed by atoms with Crippen LogP contribution in [-0.2, 0) is 14.4 Å². The lowest BCUT2D eigenvalue weighted by Crippen LogP contribution is -2.51. The van der Waals surface area contributed by atoms with Crippen LogP contribution in [0.15, 0.2) is 0 Å². The van der Waals surface area contributed by atoms with E-state index in [1.165, 1.54) is 6.92 Å². The number of carbonyl (C=O) groups is 3. The molecule has 110 valence electrons. The van der Waals surface area contributed by atoms with Gasteiger partial charge in [0.05, 0.1) is 6.04 Å². The summed E-state index contributed by atoms with van der Waals surface area (Å²) in [6.07, 6.45) is 2.11. The van der Waals surface area contributed by atoms with Gasteiger partial charge in [-0.1, -0.05) is 34.1 Å². The average molecular weight is 270 g/mol. The Morgan fingerprint density at radius 2 is 1.74 bits per heavy atom. The smallest absolute Gasteiger partial charge is 0.243 e. The number of nitrogens with one attached hydrogen (secondary N) is 2. The first kappa shape index (κ1) is 17.6. The van der Waals surface area contributed by atoms with Gasteiger partial charge >= 0.3 is 0 Å². The molecule has 0 aliphatic heterocycles. The highest BCUT2D eigenvalue weighted by atomic mass is 16.2. The maximum Gasteiger partial charge on any atom is 0.243 e.